The van der Waals surface area contributed by atoms with E-state index in [1.807, 2.05) is 55.1 Å². The Labute approximate surface area is 174 Å². The van der Waals surface area contributed by atoms with E-state index in [0.717, 1.165) is 34.1 Å². The summed E-state index contributed by atoms with van der Waals surface area (Å²) in [5.41, 5.74) is 3.82. The lowest BCUT2D eigenvalue weighted by atomic mass is 10.1. The third-order valence-electron chi connectivity index (χ3n) is 4.76. The van der Waals surface area contributed by atoms with Crippen molar-refractivity contribution in [3.63, 3.8) is 0 Å². The largest absolute Gasteiger partial charge is 0.495 e. The van der Waals surface area contributed by atoms with Crippen molar-refractivity contribution in [2.75, 3.05) is 7.11 Å². The summed E-state index contributed by atoms with van der Waals surface area (Å²) in [6.07, 6.45) is 8.12. The van der Waals surface area contributed by atoms with Gasteiger partial charge in [0.1, 0.15) is 17.4 Å². The minimum Gasteiger partial charge on any atom is -0.495 e. The summed E-state index contributed by atoms with van der Waals surface area (Å²) in [6.45, 7) is 1.95. The van der Waals surface area contributed by atoms with E-state index in [4.69, 9.17) is 4.74 Å². The second-order valence-corrected chi connectivity index (χ2v) is 7.00. The number of rotatable bonds is 6. The van der Waals surface area contributed by atoms with Gasteiger partial charge in [-0.1, -0.05) is 24.3 Å². The number of aromatic nitrogens is 5. The molecule has 7 heteroatoms. The zero-order valence-electron chi connectivity index (χ0n) is 17.1. The molecule has 152 valence electrons. The Morgan fingerprint density at radius 2 is 1.90 bits per heavy atom. The molecule has 0 atom stereocenters. The summed E-state index contributed by atoms with van der Waals surface area (Å²) >= 11 is 0. The van der Waals surface area contributed by atoms with Gasteiger partial charge in [0.15, 0.2) is 5.82 Å². The molecule has 0 aliphatic heterocycles. The normalized spacial score (nSPS) is 11.3. The minimum atomic E-state index is -0.245. The molecule has 2 aromatic carbocycles. The van der Waals surface area contributed by atoms with Crippen LogP contribution in [0.4, 0.5) is 4.39 Å². The highest BCUT2D eigenvalue weighted by Gasteiger charge is 2.08. The van der Waals surface area contributed by atoms with Crippen LogP contribution in [0.25, 0.3) is 17.8 Å². The first-order chi connectivity index (χ1) is 14.5. The fourth-order valence-electron chi connectivity index (χ4n) is 3.18. The molecule has 0 bridgehead atoms. The molecule has 0 aliphatic rings. The molecule has 2 aromatic heterocycles. The predicted molar refractivity (Wildman–Crippen MR) is 114 cm³/mol. The zero-order chi connectivity index (χ0) is 21.1. The van der Waals surface area contributed by atoms with Crippen molar-refractivity contribution in [3.05, 3.63) is 89.3 Å². The van der Waals surface area contributed by atoms with Crippen LogP contribution in [0, 0.1) is 12.7 Å². The van der Waals surface area contributed by atoms with Crippen molar-refractivity contribution < 1.29 is 9.13 Å². The Balaban J connectivity index is 1.53. The van der Waals surface area contributed by atoms with Gasteiger partial charge >= 0.3 is 0 Å². The first-order valence-corrected chi connectivity index (χ1v) is 9.53. The summed E-state index contributed by atoms with van der Waals surface area (Å²) < 4.78 is 22.3. The third kappa shape index (κ3) is 4.30. The van der Waals surface area contributed by atoms with Crippen LogP contribution >= 0.6 is 0 Å². The maximum absolute atomic E-state index is 13.1. The van der Waals surface area contributed by atoms with Gasteiger partial charge in [0.25, 0.3) is 0 Å². The molecular formula is C23H22FN5O. The molecule has 4 rings (SSSR count). The van der Waals surface area contributed by atoms with Crippen LogP contribution in [-0.2, 0) is 13.5 Å². The number of halogens is 1. The maximum atomic E-state index is 13.1. The maximum Gasteiger partial charge on any atom is 0.174 e. The number of hydrogen-bond donors (Lipinski definition) is 0. The molecule has 0 aliphatic carbocycles. The van der Waals surface area contributed by atoms with E-state index in [1.165, 1.54) is 12.1 Å². The van der Waals surface area contributed by atoms with Gasteiger partial charge < -0.3 is 9.30 Å². The van der Waals surface area contributed by atoms with Crippen LogP contribution in [-0.4, -0.2) is 31.4 Å². The van der Waals surface area contributed by atoms with Crippen LogP contribution in [0.5, 0.6) is 5.75 Å². The summed E-state index contributed by atoms with van der Waals surface area (Å²) in [5.74, 6) is 1.93. The van der Waals surface area contributed by atoms with Crippen molar-refractivity contribution >= 4 is 12.2 Å². The molecule has 6 nitrogen and oxygen atoms in total. The van der Waals surface area contributed by atoms with Gasteiger partial charge in [-0.3, -0.25) is 4.68 Å². The fourth-order valence-corrected chi connectivity index (χ4v) is 3.18. The summed E-state index contributed by atoms with van der Waals surface area (Å²) in [5, 5.41) is 4.45. The van der Waals surface area contributed by atoms with Gasteiger partial charge in [-0.15, -0.1) is 0 Å². The lowest BCUT2D eigenvalue weighted by Gasteiger charge is -2.09. The molecule has 0 saturated carbocycles. The van der Waals surface area contributed by atoms with Gasteiger partial charge in [0.2, 0.25) is 0 Å². The number of methoxy groups -OCH3 is 1. The van der Waals surface area contributed by atoms with E-state index in [1.54, 1.807) is 30.3 Å². The number of ether oxygens (including phenoxy) is 1. The molecule has 0 N–H and O–H groups in total. The van der Waals surface area contributed by atoms with Crippen LogP contribution in [0.3, 0.4) is 0 Å². The molecular weight excluding hydrogens is 381 g/mol. The highest BCUT2D eigenvalue weighted by molar-refractivity contribution is 5.69. The average molecular weight is 403 g/mol. The van der Waals surface area contributed by atoms with Crippen LogP contribution < -0.4 is 4.74 Å². The van der Waals surface area contributed by atoms with Gasteiger partial charge in [0, 0.05) is 19.7 Å². The Morgan fingerprint density at radius 3 is 2.60 bits per heavy atom. The molecule has 0 saturated heterocycles. The number of aryl methyl sites for hydroxylation is 2. The third-order valence-corrected chi connectivity index (χ3v) is 4.76. The Morgan fingerprint density at radius 1 is 1.10 bits per heavy atom. The van der Waals surface area contributed by atoms with Crippen LogP contribution in [0.15, 0.2) is 55.0 Å². The van der Waals surface area contributed by atoms with Crippen molar-refractivity contribution in [1.29, 1.82) is 0 Å². The molecule has 0 unspecified atom stereocenters. The van der Waals surface area contributed by atoms with Gasteiger partial charge in [-0.25, -0.2) is 14.4 Å². The quantitative estimate of drug-likeness (QED) is 0.484. The summed E-state index contributed by atoms with van der Waals surface area (Å²) in [6, 6.07) is 12.4. The highest BCUT2D eigenvalue weighted by Crippen LogP contribution is 2.25. The van der Waals surface area contributed by atoms with Crippen molar-refractivity contribution in [2.45, 2.75) is 13.3 Å². The van der Waals surface area contributed by atoms with Gasteiger partial charge in [-0.2, -0.15) is 5.10 Å². The minimum absolute atomic E-state index is 0.245. The molecule has 0 spiro atoms. The van der Waals surface area contributed by atoms with E-state index < -0.39 is 0 Å². The lowest BCUT2D eigenvalue weighted by molar-refractivity contribution is 0.413. The summed E-state index contributed by atoms with van der Waals surface area (Å²) in [7, 11) is 3.51. The standard InChI is InChI=1S/C23H22FN5O/c1-16-14-29(15-25-16)20-10-6-17(12-21(20)30-3)7-11-22-26-23(28(2)27-22)13-18-4-8-19(24)9-5-18/h4-12,14-15H,13H2,1-3H3/b11-7+. The number of imidazole rings is 1. The van der Waals surface area contributed by atoms with E-state index in [0.29, 0.717) is 12.2 Å². The molecule has 30 heavy (non-hydrogen) atoms. The van der Waals surface area contributed by atoms with Crippen molar-refractivity contribution in [1.82, 2.24) is 24.3 Å². The van der Waals surface area contributed by atoms with E-state index in [2.05, 4.69) is 15.1 Å². The fraction of sp³-hybridized carbons (Fsp3) is 0.174. The van der Waals surface area contributed by atoms with Crippen molar-refractivity contribution in [3.8, 4) is 11.4 Å². The molecule has 0 radical (unpaired) electrons. The smallest absolute Gasteiger partial charge is 0.174 e. The average Bonchev–Trinajstić information content (AvgIpc) is 3.33. The Bertz CT molecular complexity index is 1190. The van der Waals surface area contributed by atoms with E-state index in [-0.39, 0.29) is 5.82 Å². The molecule has 0 fully saturated rings. The topological polar surface area (TPSA) is 57.8 Å². The Hall–Kier alpha value is -3.74. The van der Waals surface area contributed by atoms with Crippen LogP contribution in [0.2, 0.25) is 0 Å². The van der Waals surface area contributed by atoms with E-state index in [9.17, 15) is 4.39 Å². The SMILES string of the molecule is COc1cc(/C=C/c2nc(Cc3ccc(F)cc3)n(C)n2)ccc1-n1cnc(C)c1. The second kappa shape index (κ2) is 8.32. The van der Waals surface area contributed by atoms with Gasteiger partial charge in [0.05, 0.1) is 24.8 Å². The summed E-state index contributed by atoms with van der Waals surface area (Å²) in [4.78, 5) is 8.85. The number of benzene rings is 2. The first-order valence-electron chi connectivity index (χ1n) is 9.53. The number of hydrogen-bond acceptors (Lipinski definition) is 4. The van der Waals surface area contributed by atoms with Gasteiger partial charge in [-0.05, 0) is 48.4 Å². The monoisotopic (exact) mass is 403 g/mol. The molecule has 4 aromatic rings. The predicted octanol–water partition coefficient (Wildman–Crippen LogP) is 4.22. The molecule has 2 heterocycles. The van der Waals surface area contributed by atoms with E-state index >= 15 is 0 Å². The van der Waals surface area contributed by atoms with Crippen LogP contribution in [0.1, 0.15) is 28.5 Å². The zero-order valence-corrected chi connectivity index (χ0v) is 17.1. The first kappa shape index (κ1) is 19.6. The second-order valence-electron chi connectivity index (χ2n) is 7.00. The molecule has 0 amide bonds. The lowest BCUT2D eigenvalue weighted by Crippen LogP contribution is -2.00. The Kier molecular flexibility index (Phi) is 5.43. The van der Waals surface area contributed by atoms with Crippen molar-refractivity contribution in [2.24, 2.45) is 7.05 Å². The number of nitrogens with zero attached hydrogens (tertiary/aromatic N) is 5. The highest BCUT2D eigenvalue weighted by atomic mass is 19.1.